The largest absolute Gasteiger partial charge is 0.393 e. The third-order valence-electron chi connectivity index (χ3n) is 2.78. The van der Waals surface area contributed by atoms with Crippen molar-refractivity contribution < 1.29 is 4.92 Å². The van der Waals surface area contributed by atoms with Crippen molar-refractivity contribution in [2.24, 2.45) is 0 Å². The molecule has 0 saturated heterocycles. The number of nitrogens with two attached hydrogens (primary N) is 1. The van der Waals surface area contributed by atoms with Crippen LogP contribution in [0.25, 0.3) is 5.69 Å². The number of aryl methyl sites for hydroxylation is 3. The molecule has 6 nitrogen and oxygen atoms in total. The summed E-state index contributed by atoms with van der Waals surface area (Å²) in [7, 11) is 0. The first-order chi connectivity index (χ1) is 8.40. The molecule has 1 aromatic heterocycles. The Balaban J connectivity index is 2.62. The molecule has 0 saturated carbocycles. The maximum Gasteiger partial charge on any atom is 0.295 e. The van der Waals surface area contributed by atoms with E-state index < -0.39 is 4.92 Å². The van der Waals surface area contributed by atoms with E-state index in [0.29, 0.717) is 5.56 Å². The fraction of sp³-hybridized carbons (Fsp3) is 0.250. The number of hydrogen-bond acceptors (Lipinski definition) is 4. The fourth-order valence-corrected chi connectivity index (χ4v) is 2.06. The van der Waals surface area contributed by atoms with Crippen LogP contribution in [0, 0.1) is 30.9 Å². The molecule has 0 spiro atoms. The van der Waals surface area contributed by atoms with Gasteiger partial charge < -0.3 is 10.3 Å². The highest BCUT2D eigenvalue weighted by atomic mass is 16.6. The van der Waals surface area contributed by atoms with Crippen molar-refractivity contribution in [3.8, 4) is 5.69 Å². The summed E-state index contributed by atoms with van der Waals surface area (Å²) in [6, 6.07) is 3.34. The van der Waals surface area contributed by atoms with Crippen molar-refractivity contribution in [3.63, 3.8) is 0 Å². The van der Waals surface area contributed by atoms with Crippen LogP contribution >= 0.6 is 0 Å². The Bertz CT molecular complexity index is 608. The van der Waals surface area contributed by atoms with Crippen molar-refractivity contribution in [1.29, 1.82) is 0 Å². The lowest BCUT2D eigenvalue weighted by molar-refractivity contribution is -0.384. The normalized spacial score (nSPS) is 10.6. The summed E-state index contributed by atoms with van der Waals surface area (Å²) in [4.78, 5) is 14.7. The van der Waals surface area contributed by atoms with Gasteiger partial charge in [-0.25, -0.2) is 4.98 Å². The number of anilines is 1. The first-order valence-electron chi connectivity index (χ1n) is 5.47. The maximum absolute atomic E-state index is 10.9. The van der Waals surface area contributed by atoms with Crippen molar-refractivity contribution in [1.82, 2.24) is 9.55 Å². The second-order valence-corrected chi connectivity index (χ2v) is 4.26. The van der Waals surface area contributed by atoms with Crippen molar-refractivity contribution >= 4 is 11.4 Å². The summed E-state index contributed by atoms with van der Waals surface area (Å²) >= 11 is 0. The summed E-state index contributed by atoms with van der Waals surface area (Å²) < 4.78 is 1.86. The van der Waals surface area contributed by atoms with Crippen LogP contribution in [-0.4, -0.2) is 14.5 Å². The van der Waals surface area contributed by atoms with Gasteiger partial charge in [0.05, 0.1) is 10.6 Å². The van der Waals surface area contributed by atoms with Crippen LogP contribution in [0.3, 0.4) is 0 Å². The molecule has 94 valence electrons. The molecule has 18 heavy (non-hydrogen) atoms. The molecule has 1 heterocycles. The minimum Gasteiger partial charge on any atom is -0.393 e. The number of hydrogen-bond donors (Lipinski definition) is 1. The average Bonchev–Trinajstić information content (AvgIpc) is 2.56. The average molecular weight is 246 g/mol. The second kappa shape index (κ2) is 4.14. The summed E-state index contributed by atoms with van der Waals surface area (Å²) in [5.74, 6) is 0.820. The zero-order chi connectivity index (χ0) is 13.4. The Morgan fingerprint density at radius 2 is 2.00 bits per heavy atom. The lowest BCUT2D eigenvalue weighted by atomic mass is 10.1. The van der Waals surface area contributed by atoms with Gasteiger partial charge in [0.25, 0.3) is 5.69 Å². The predicted molar refractivity (Wildman–Crippen MR) is 68.8 cm³/mol. The van der Waals surface area contributed by atoms with Crippen LogP contribution in [0.1, 0.15) is 17.1 Å². The Morgan fingerprint density at radius 1 is 1.33 bits per heavy atom. The van der Waals surface area contributed by atoms with Gasteiger partial charge in [-0.3, -0.25) is 10.1 Å². The molecule has 0 amide bonds. The van der Waals surface area contributed by atoms with E-state index in [4.69, 9.17) is 5.73 Å². The van der Waals surface area contributed by atoms with Gasteiger partial charge in [-0.15, -0.1) is 0 Å². The second-order valence-electron chi connectivity index (χ2n) is 4.26. The molecule has 2 rings (SSSR count). The van der Waals surface area contributed by atoms with Crippen LogP contribution in [0.5, 0.6) is 0 Å². The van der Waals surface area contributed by atoms with Gasteiger partial charge in [-0.05, 0) is 32.9 Å². The fourth-order valence-electron chi connectivity index (χ4n) is 2.06. The molecule has 0 fully saturated rings. The molecule has 2 N–H and O–H groups in total. The van der Waals surface area contributed by atoms with Crippen LogP contribution in [0.2, 0.25) is 0 Å². The third kappa shape index (κ3) is 1.92. The molecule has 0 unspecified atom stereocenters. The molecule has 0 radical (unpaired) electrons. The van der Waals surface area contributed by atoms with Gasteiger partial charge in [0.1, 0.15) is 11.5 Å². The molecular formula is C12H14N4O2. The van der Waals surface area contributed by atoms with Crippen molar-refractivity contribution in [3.05, 3.63) is 45.5 Å². The lowest BCUT2D eigenvalue weighted by Gasteiger charge is -2.08. The smallest absolute Gasteiger partial charge is 0.295 e. The highest BCUT2D eigenvalue weighted by Crippen LogP contribution is 2.29. The van der Waals surface area contributed by atoms with Gasteiger partial charge in [0.2, 0.25) is 0 Å². The molecule has 0 aliphatic rings. The molecule has 2 aromatic rings. The lowest BCUT2D eigenvalue weighted by Crippen LogP contribution is -2.02. The van der Waals surface area contributed by atoms with E-state index in [0.717, 1.165) is 17.2 Å². The highest BCUT2D eigenvalue weighted by Gasteiger charge is 2.17. The van der Waals surface area contributed by atoms with E-state index >= 15 is 0 Å². The zero-order valence-electron chi connectivity index (χ0n) is 10.5. The first-order valence-corrected chi connectivity index (χ1v) is 5.47. The number of nitrogen functional groups attached to an aromatic ring is 1. The van der Waals surface area contributed by atoms with Crippen LogP contribution in [-0.2, 0) is 0 Å². The molecular weight excluding hydrogens is 232 g/mol. The minimum atomic E-state index is -0.458. The highest BCUT2D eigenvalue weighted by molar-refractivity contribution is 5.66. The van der Waals surface area contributed by atoms with Crippen LogP contribution in [0.15, 0.2) is 18.3 Å². The van der Waals surface area contributed by atoms with E-state index in [1.807, 2.05) is 24.6 Å². The molecule has 0 aliphatic heterocycles. The number of nitro benzene ring substituents is 1. The number of nitrogens with zero attached hydrogens (tertiary/aromatic N) is 3. The number of aromatic nitrogens is 2. The number of nitro groups is 1. The Labute approximate surface area is 104 Å². The first kappa shape index (κ1) is 12.1. The standard InChI is InChI=1S/C12H14N4O2/c1-7-4-10(5-11(13)12(7)16(17)18)15-6-8(2)14-9(15)3/h4-6H,13H2,1-3H3. The molecule has 0 aliphatic carbocycles. The Morgan fingerprint density at radius 3 is 2.44 bits per heavy atom. The zero-order valence-corrected chi connectivity index (χ0v) is 10.5. The van der Waals surface area contributed by atoms with E-state index in [9.17, 15) is 10.1 Å². The van der Waals surface area contributed by atoms with Gasteiger partial charge in [-0.2, -0.15) is 0 Å². The number of imidazole rings is 1. The van der Waals surface area contributed by atoms with Crippen molar-refractivity contribution in [2.45, 2.75) is 20.8 Å². The maximum atomic E-state index is 10.9. The van der Waals surface area contributed by atoms with Gasteiger partial charge in [0, 0.05) is 17.4 Å². The number of rotatable bonds is 2. The molecule has 6 heteroatoms. The van der Waals surface area contributed by atoms with Crippen LogP contribution < -0.4 is 5.73 Å². The quantitative estimate of drug-likeness (QED) is 0.500. The number of benzene rings is 1. The topological polar surface area (TPSA) is 87.0 Å². The van der Waals surface area contributed by atoms with E-state index in [1.165, 1.54) is 0 Å². The summed E-state index contributed by atoms with van der Waals surface area (Å²) in [5.41, 5.74) is 8.09. The monoisotopic (exact) mass is 246 g/mol. The van der Waals surface area contributed by atoms with E-state index in [1.54, 1.807) is 19.1 Å². The SMILES string of the molecule is Cc1cn(-c2cc(C)c([N+](=O)[O-])c(N)c2)c(C)n1. The molecule has 0 atom stereocenters. The van der Waals surface area contributed by atoms with Gasteiger partial charge in [0.15, 0.2) is 0 Å². The molecule has 1 aromatic carbocycles. The predicted octanol–water partition coefficient (Wildman–Crippen LogP) is 2.29. The summed E-state index contributed by atoms with van der Waals surface area (Å²) in [6.07, 6.45) is 1.87. The van der Waals surface area contributed by atoms with Crippen molar-refractivity contribution in [2.75, 3.05) is 5.73 Å². The van der Waals surface area contributed by atoms with E-state index in [-0.39, 0.29) is 11.4 Å². The van der Waals surface area contributed by atoms with Gasteiger partial charge >= 0.3 is 0 Å². The summed E-state index contributed by atoms with van der Waals surface area (Å²) in [6.45, 7) is 5.45. The van der Waals surface area contributed by atoms with Gasteiger partial charge in [-0.1, -0.05) is 0 Å². The van der Waals surface area contributed by atoms with E-state index in [2.05, 4.69) is 4.98 Å². The van der Waals surface area contributed by atoms with Crippen LogP contribution in [0.4, 0.5) is 11.4 Å². The summed E-state index contributed by atoms with van der Waals surface area (Å²) in [5, 5.41) is 10.9. The Hall–Kier alpha value is -2.37. The molecule has 0 bridgehead atoms. The minimum absolute atomic E-state index is 0.0340. The Kier molecular flexibility index (Phi) is 2.78. The third-order valence-corrected chi connectivity index (χ3v) is 2.78.